The van der Waals surface area contributed by atoms with Crippen molar-refractivity contribution < 1.29 is 27.8 Å². The monoisotopic (exact) mass is 258 g/mol. The lowest BCUT2D eigenvalue weighted by atomic mass is 9.80. The van der Waals surface area contributed by atoms with E-state index in [1.54, 1.807) is 0 Å². The van der Waals surface area contributed by atoms with Crippen LogP contribution in [0.4, 0.5) is 13.2 Å². The summed E-state index contributed by atoms with van der Waals surface area (Å²) in [5, 5.41) is 9.05. The van der Waals surface area contributed by atoms with Gasteiger partial charge in [0.25, 0.3) is 0 Å². The summed E-state index contributed by atoms with van der Waals surface area (Å²) in [7, 11) is 0. The maximum absolute atomic E-state index is 11.9. The predicted octanol–water partition coefficient (Wildman–Crippen LogP) is 2.51. The number of carboxylic acids is 1. The van der Waals surface area contributed by atoms with Crippen LogP contribution in [-0.2, 0) is 9.53 Å². The van der Waals surface area contributed by atoms with Gasteiger partial charge in [-0.15, -0.1) is 0 Å². The molecular weight excluding hydrogens is 245 g/mol. The van der Waals surface area contributed by atoms with E-state index in [0.717, 1.165) is 0 Å². The Kier molecular flexibility index (Phi) is 4.49. The Morgan fingerprint density at radius 1 is 1.50 bits per heavy atom. The van der Waals surface area contributed by atoms with Crippen LogP contribution >= 0.6 is 11.8 Å². The number of thioether (sulfide) groups is 1. The molecule has 0 saturated carbocycles. The maximum atomic E-state index is 11.9. The second kappa shape index (κ2) is 5.27. The molecule has 1 unspecified atom stereocenters. The first-order valence-corrected chi connectivity index (χ1v) is 5.86. The third-order valence-corrected chi connectivity index (χ3v) is 3.36. The van der Waals surface area contributed by atoms with Gasteiger partial charge in [-0.2, -0.15) is 13.2 Å². The van der Waals surface area contributed by atoms with Crippen LogP contribution in [0.5, 0.6) is 0 Å². The van der Waals surface area contributed by atoms with Gasteiger partial charge in [0.2, 0.25) is 0 Å². The van der Waals surface area contributed by atoms with Crippen LogP contribution in [0.3, 0.4) is 0 Å². The minimum absolute atomic E-state index is 0.00743. The average Bonchev–Trinajstić information content (AvgIpc) is 2.17. The van der Waals surface area contributed by atoms with Crippen LogP contribution in [0.25, 0.3) is 0 Å². The lowest BCUT2D eigenvalue weighted by Gasteiger charge is -2.32. The summed E-state index contributed by atoms with van der Waals surface area (Å²) in [6, 6.07) is 0. The van der Waals surface area contributed by atoms with Gasteiger partial charge in [-0.3, -0.25) is 4.79 Å². The van der Waals surface area contributed by atoms with Gasteiger partial charge in [0.05, 0.1) is 12.0 Å². The van der Waals surface area contributed by atoms with Crippen molar-refractivity contribution >= 4 is 17.7 Å². The molecule has 7 heteroatoms. The summed E-state index contributed by atoms with van der Waals surface area (Å²) in [4.78, 5) is 11.1. The number of hydrogen-bond acceptors (Lipinski definition) is 3. The van der Waals surface area contributed by atoms with Crippen LogP contribution < -0.4 is 0 Å². The standard InChI is InChI=1S/C9H13F3O3S/c10-9(11,12)16-5-3-8(7(13)14)2-1-4-15-6-8/h1-6H2,(H,13,14). The van der Waals surface area contributed by atoms with Gasteiger partial charge in [-0.1, -0.05) is 11.8 Å². The summed E-state index contributed by atoms with van der Waals surface area (Å²) in [5.74, 6) is -1.30. The zero-order valence-corrected chi connectivity index (χ0v) is 9.36. The van der Waals surface area contributed by atoms with Crippen molar-refractivity contribution in [2.45, 2.75) is 24.8 Å². The van der Waals surface area contributed by atoms with Crippen molar-refractivity contribution in [2.24, 2.45) is 5.41 Å². The molecule has 0 aromatic carbocycles. The molecular formula is C9H13F3O3S. The third kappa shape index (κ3) is 3.86. The molecule has 1 atom stereocenters. The molecule has 0 aromatic rings. The number of hydrogen-bond donors (Lipinski definition) is 1. The van der Waals surface area contributed by atoms with Gasteiger partial charge in [0, 0.05) is 12.4 Å². The first kappa shape index (κ1) is 13.6. The second-order valence-corrected chi connectivity index (χ2v) is 4.95. The highest BCUT2D eigenvalue weighted by Crippen LogP contribution is 2.37. The Labute approximate surface area is 95.3 Å². The predicted molar refractivity (Wildman–Crippen MR) is 53.3 cm³/mol. The molecule has 0 radical (unpaired) electrons. The fourth-order valence-electron chi connectivity index (χ4n) is 1.69. The Morgan fingerprint density at radius 3 is 2.62 bits per heavy atom. The van der Waals surface area contributed by atoms with Crippen molar-refractivity contribution in [1.29, 1.82) is 0 Å². The van der Waals surface area contributed by atoms with Crippen molar-refractivity contribution in [3.05, 3.63) is 0 Å². The quantitative estimate of drug-likeness (QED) is 0.841. The summed E-state index contributed by atoms with van der Waals surface area (Å²) in [6.07, 6.45) is 0.968. The topological polar surface area (TPSA) is 46.5 Å². The van der Waals surface area contributed by atoms with Crippen LogP contribution in [0.15, 0.2) is 0 Å². The summed E-state index contributed by atoms with van der Waals surface area (Å²) >= 11 is -0.176. The van der Waals surface area contributed by atoms with E-state index in [-0.39, 0.29) is 30.5 Å². The molecule has 1 fully saturated rings. The van der Waals surface area contributed by atoms with Crippen molar-refractivity contribution in [3.63, 3.8) is 0 Å². The Bertz CT molecular complexity index is 249. The lowest BCUT2D eigenvalue weighted by molar-refractivity contribution is -0.157. The molecule has 0 aromatic heterocycles. The smallest absolute Gasteiger partial charge is 0.441 e. The van der Waals surface area contributed by atoms with Gasteiger partial charge in [0.1, 0.15) is 0 Å². The number of rotatable bonds is 4. The number of carboxylic acid groups (broad SMARTS) is 1. The van der Waals surface area contributed by atoms with Gasteiger partial charge in [0.15, 0.2) is 0 Å². The van der Waals surface area contributed by atoms with Gasteiger partial charge < -0.3 is 9.84 Å². The molecule has 1 aliphatic heterocycles. The molecule has 0 aliphatic carbocycles. The molecule has 16 heavy (non-hydrogen) atoms. The summed E-state index contributed by atoms with van der Waals surface area (Å²) < 4.78 is 40.8. The Morgan fingerprint density at radius 2 is 2.19 bits per heavy atom. The normalized spacial score (nSPS) is 26.7. The third-order valence-electron chi connectivity index (χ3n) is 2.62. The minimum atomic E-state index is -4.30. The van der Waals surface area contributed by atoms with Crippen LogP contribution in [0, 0.1) is 5.41 Å². The number of aliphatic carboxylic acids is 1. The second-order valence-electron chi connectivity index (χ2n) is 3.79. The van der Waals surface area contributed by atoms with Gasteiger partial charge in [-0.25, -0.2) is 0 Å². The van der Waals surface area contributed by atoms with Crippen LogP contribution in [0.1, 0.15) is 19.3 Å². The fraction of sp³-hybridized carbons (Fsp3) is 0.889. The van der Waals surface area contributed by atoms with Crippen LogP contribution in [0.2, 0.25) is 0 Å². The van der Waals surface area contributed by atoms with Crippen molar-refractivity contribution in [1.82, 2.24) is 0 Å². The van der Waals surface area contributed by atoms with E-state index in [1.807, 2.05) is 0 Å². The minimum Gasteiger partial charge on any atom is -0.481 e. The lowest BCUT2D eigenvalue weighted by Crippen LogP contribution is -2.40. The molecule has 1 aliphatic rings. The van der Waals surface area contributed by atoms with E-state index in [0.29, 0.717) is 19.4 Å². The van der Waals surface area contributed by atoms with E-state index in [9.17, 15) is 18.0 Å². The zero-order valence-electron chi connectivity index (χ0n) is 8.55. The van der Waals surface area contributed by atoms with Gasteiger partial charge in [-0.05, 0) is 19.3 Å². The maximum Gasteiger partial charge on any atom is 0.441 e. The number of carbonyl (C=O) groups is 1. The van der Waals surface area contributed by atoms with E-state index in [1.165, 1.54) is 0 Å². The van der Waals surface area contributed by atoms with Crippen molar-refractivity contribution in [2.75, 3.05) is 19.0 Å². The number of alkyl halides is 3. The molecule has 0 amide bonds. The largest absolute Gasteiger partial charge is 0.481 e. The highest BCUT2D eigenvalue weighted by Gasteiger charge is 2.41. The highest BCUT2D eigenvalue weighted by molar-refractivity contribution is 8.00. The van der Waals surface area contributed by atoms with E-state index < -0.39 is 16.9 Å². The van der Waals surface area contributed by atoms with E-state index >= 15 is 0 Å². The highest BCUT2D eigenvalue weighted by atomic mass is 32.2. The van der Waals surface area contributed by atoms with Crippen LogP contribution in [-0.4, -0.2) is 35.6 Å². The zero-order chi connectivity index (χ0) is 12.2. The fourth-order valence-corrected chi connectivity index (χ4v) is 2.41. The molecule has 1 heterocycles. The molecule has 94 valence electrons. The van der Waals surface area contributed by atoms with Gasteiger partial charge >= 0.3 is 11.5 Å². The summed E-state index contributed by atoms with van der Waals surface area (Å²) in [5.41, 5.74) is -5.42. The van der Waals surface area contributed by atoms with Crippen molar-refractivity contribution in [3.8, 4) is 0 Å². The number of halogens is 3. The molecule has 1 saturated heterocycles. The Balaban J connectivity index is 2.48. The summed E-state index contributed by atoms with van der Waals surface area (Å²) in [6.45, 7) is 0.502. The van der Waals surface area contributed by atoms with E-state index in [4.69, 9.17) is 9.84 Å². The SMILES string of the molecule is O=C(O)C1(CCSC(F)(F)F)CCCOC1. The molecule has 1 N–H and O–H groups in total. The molecule has 1 rings (SSSR count). The first-order chi connectivity index (χ1) is 7.36. The average molecular weight is 258 g/mol. The number of ether oxygens (including phenoxy) is 1. The molecule has 3 nitrogen and oxygen atoms in total. The Hall–Kier alpha value is -0.430. The first-order valence-electron chi connectivity index (χ1n) is 4.88. The van der Waals surface area contributed by atoms with E-state index in [2.05, 4.69) is 0 Å². The molecule has 0 spiro atoms. The molecule has 0 bridgehead atoms.